The molecular formula is C23H22ClN9O2. The quantitative estimate of drug-likeness (QED) is 0.354. The largest absolute Gasteiger partial charge is 0.492 e. The molecule has 1 fully saturated rings. The third-order valence-corrected chi connectivity index (χ3v) is 6.23. The molecule has 5 aromatic rings. The van der Waals surface area contributed by atoms with Crippen molar-refractivity contribution in [2.75, 3.05) is 44.8 Å². The molecule has 3 aromatic heterocycles. The van der Waals surface area contributed by atoms with Gasteiger partial charge >= 0.3 is 0 Å². The minimum atomic E-state index is 0.509. The van der Waals surface area contributed by atoms with Crippen LogP contribution in [0.3, 0.4) is 0 Å². The first-order chi connectivity index (χ1) is 17.3. The highest BCUT2D eigenvalue weighted by Gasteiger charge is 2.16. The lowest BCUT2D eigenvalue weighted by atomic mass is 10.1. The number of halogens is 1. The Balaban J connectivity index is 1.31. The van der Waals surface area contributed by atoms with Crippen LogP contribution in [0.1, 0.15) is 0 Å². The van der Waals surface area contributed by atoms with Gasteiger partial charge in [-0.25, -0.2) is 9.97 Å². The molecule has 1 aliphatic heterocycles. The number of benzene rings is 2. The van der Waals surface area contributed by atoms with Crippen LogP contribution < -0.4 is 10.1 Å². The number of rotatable bonds is 7. The molecule has 12 heteroatoms. The first kappa shape index (κ1) is 21.7. The first-order valence-corrected chi connectivity index (χ1v) is 11.6. The monoisotopic (exact) mass is 491 g/mol. The molecule has 1 aliphatic rings. The summed E-state index contributed by atoms with van der Waals surface area (Å²) >= 11 is 6.52. The van der Waals surface area contributed by atoms with Crippen molar-refractivity contribution >= 4 is 39.8 Å². The molecule has 0 spiro atoms. The van der Waals surface area contributed by atoms with Crippen molar-refractivity contribution in [3.05, 3.63) is 54.1 Å². The van der Waals surface area contributed by atoms with Crippen LogP contribution in [0.25, 0.3) is 28.1 Å². The highest BCUT2D eigenvalue weighted by atomic mass is 35.5. The Morgan fingerprint density at radius 3 is 2.94 bits per heavy atom. The summed E-state index contributed by atoms with van der Waals surface area (Å²) in [7, 11) is 0. The summed E-state index contributed by atoms with van der Waals surface area (Å²) in [6, 6.07) is 11.3. The number of morpholine rings is 1. The van der Waals surface area contributed by atoms with Crippen molar-refractivity contribution in [2.24, 2.45) is 0 Å². The van der Waals surface area contributed by atoms with Crippen LogP contribution in [0.5, 0.6) is 5.75 Å². The van der Waals surface area contributed by atoms with Gasteiger partial charge in [-0.2, -0.15) is 5.10 Å². The van der Waals surface area contributed by atoms with E-state index in [9.17, 15) is 0 Å². The van der Waals surface area contributed by atoms with E-state index in [1.165, 1.54) is 6.33 Å². The van der Waals surface area contributed by atoms with Crippen LogP contribution in [-0.4, -0.2) is 79.1 Å². The highest BCUT2D eigenvalue weighted by molar-refractivity contribution is 6.33. The second kappa shape index (κ2) is 9.45. The zero-order valence-corrected chi connectivity index (χ0v) is 19.4. The molecule has 0 amide bonds. The SMILES string of the molecule is Clc1ccc(OCCN2CCOCC2)cc1Nc1nc2c(-c3ncn[nH]3)cccc2n2cnnc12. The zero-order valence-electron chi connectivity index (χ0n) is 18.7. The van der Waals surface area contributed by atoms with Gasteiger partial charge < -0.3 is 14.8 Å². The smallest absolute Gasteiger partial charge is 0.204 e. The summed E-state index contributed by atoms with van der Waals surface area (Å²) in [5, 5.41) is 19.1. The van der Waals surface area contributed by atoms with Gasteiger partial charge in [-0.15, -0.1) is 10.2 Å². The lowest BCUT2D eigenvalue weighted by Crippen LogP contribution is -2.38. The minimum absolute atomic E-state index is 0.509. The maximum atomic E-state index is 6.52. The van der Waals surface area contributed by atoms with Crippen molar-refractivity contribution in [3.8, 4) is 17.1 Å². The number of aromatic amines is 1. The third-order valence-electron chi connectivity index (χ3n) is 5.90. The van der Waals surface area contributed by atoms with Gasteiger partial charge in [0.25, 0.3) is 0 Å². The summed E-state index contributed by atoms with van der Waals surface area (Å²) in [4.78, 5) is 11.5. The number of aromatic nitrogens is 7. The number of ether oxygens (including phenoxy) is 2. The molecule has 0 aliphatic carbocycles. The Hall–Kier alpha value is -3.80. The normalized spacial score (nSPS) is 14.5. The predicted molar refractivity (Wildman–Crippen MR) is 131 cm³/mol. The number of fused-ring (bicyclic) bond motifs is 3. The Bertz CT molecular complexity index is 1470. The van der Waals surface area contributed by atoms with Gasteiger partial charge in [-0.05, 0) is 24.3 Å². The van der Waals surface area contributed by atoms with Crippen LogP contribution in [0.4, 0.5) is 11.5 Å². The Labute approximate surface area is 205 Å². The topological polar surface area (TPSA) is 118 Å². The van der Waals surface area contributed by atoms with Gasteiger partial charge in [0.1, 0.15) is 30.5 Å². The fraction of sp³-hybridized carbons (Fsp3) is 0.261. The number of hydrogen-bond acceptors (Lipinski definition) is 9. The van der Waals surface area contributed by atoms with Crippen LogP contribution in [-0.2, 0) is 4.74 Å². The zero-order chi connectivity index (χ0) is 23.6. The molecule has 0 atom stereocenters. The summed E-state index contributed by atoms with van der Waals surface area (Å²) in [5.41, 5.74) is 3.60. The van der Waals surface area contributed by atoms with E-state index < -0.39 is 0 Å². The van der Waals surface area contributed by atoms with Gasteiger partial charge in [-0.1, -0.05) is 17.7 Å². The second-order valence-electron chi connectivity index (χ2n) is 8.06. The molecular weight excluding hydrogens is 470 g/mol. The first-order valence-electron chi connectivity index (χ1n) is 11.2. The molecule has 0 saturated carbocycles. The fourth-order valence-corrected chi connectivity index (χ4v) is 4.29. The Morgan fingerprint density at radius 2 is 2.09 bits per heavy atom. The molecule has 6 rings (SSSR count). The van der Waals surface area contributed by atoms with Gasteiger partial charge in [0.15, 0.2) is 11.6 Å². The third kappa shape index (κ3) is 4.36. The molecule has 11 nitrogen and oxygen atoms in total. The maximum Gasteiger partial charge on any atom is 0.204 e. The standard InChI is InChI=1S/C23H22ClN9O2/c24-17-5-4-15(35-11-8-32-6-9-34-10-7-32)12-18(17)28-22-23-31-27-14-33(23)19-3-1-2-16(20(19)29-22)21-25-13-26-30-21/h1-5,12-14H,6-11H2,(H,28,29)(H,25,26,30). The minimum Gasteiger partial charge on any atom is -0.492 e. The van der Waals surface area contributed by atoms with E-state index in [4.69, 9.17) is 26.1 Å². The van der Waals surface area contributed by atoms with E-state index in [2.05, 4.69) is 35.6 Å². The molecule has 4 heterocycles. The van der Waals surface area contributed by atoms with Crippen molar-refractivity contribution in [3.63, 3.8) is 0 Å². The molecule has 2 aromatic carbocycles. The lowest BCUT2D eigenvalue weighted by Gasteiger charge is -2.26. The summed E-state index contributed by atoms with van der Waals surface area (Å²) in [6.45, 7) is 4.80. The van der Waals surface area contributed by atoms with Gasteiger partial charge in [-0.3, -0.25) is 14.4 Å². The fourth-order valence-electron chi connectivity index (χ4n) is 4.12. The summed E-state index contributed by atoms with van der Waals surface area (Å²) in [6.07, 6.45) is 3.12. The van der Waals surface area contributed by atoms with E-state index in [1.807, 2.05) is 34.7 Å². The van der Waals surface area contributed by atoms with Crippen LogP contribution in [0.2, 0.25) is 5.02 Å². The van der Waals surface area contributed by atoms with E-state index in [-0.39, 0.29) is 0 Å². The summed E-state index contributed by atoms with van der Waals surface area (Å²) < 4.78 is 13.3. The number of anilines is 2. The Morgan fingerprint density at radius 1 is 1.17 bits per heavy atom. The molecule has 0 bridgehead atoms. The predicted octanol–water partition coefficient (Wildman–Crippen LogP) is 3.17. The Kier molecular flexibility index (Phi) is 5.86. The molecule has 0 unspecified atom stereocenters. The van der Waals surface area contributed by atoms with Crippen molar-refractivity contribution in [2.45, 2.75) is 0 Å². The van der Waals surface area contributed by atoms with Gasteiger partial charge in [0.2, 0.25) is 5.65 Å². The molecule has 35 heavy (non-hydrogen) atoms. The van der Waals surface area contributed by atoms with Crippen molar-refractivity contribution in [1.82, 2.24) is 39.7 Å². The summed E-state index contributed by atoms with van der Waals surface area (Å²) in [5.74, 6) is 1.84. The highest BCUT2D eigenvalue weighted by Crippen LogP contribution is 2.33. The van der Waals surface area contributed by atoms with Gasteiger partial charge in [0, 0.05) is 31.3 Å². The van der Waals surface area contributed by atoms with Crippen LogP contribution in [0.15, 0.2) is 49.1 Å². The molecule has 0 radical (unpaired) electrons. The maximum absolute atomic E-state index is 6.52. The molecule has 1 saturated heterocycles. The van der Waals surface area contributed by atoms with Crippen molar-refractivity contribution < 1.29 is 9.47 Å². The van der Waals surface area contributed by atoms with E-state index in [0.717, 1.165) is 43.9 Å². The lowest BCUT2D eigenvalue weighted by molar-refractivity contribution is 0.0322. The second-order valence-corrected chi connectivity index (χ2v) is 8.47. The average molecular weight is 492 g/mol. The van der Waals surface area contributed by atoms with Crippen molar-refractivity contribution in [1.29, 1.82) is 0 Å². The molecule has 178 valence electrons. The number of H-pyrrole nitrogens is 1. The number of nitrogens with one attached hydrogen (secondary N) is 2. The average Bonchev–Trinajstić information content (AvgIpc) is 3.59. The van der Waals surface area contributed by atoms with E-state index in [1.54, 1.807) is 12.4 Å². The van der Waals surface area contributed by atoms with E-state index in [0.29, 0.717) is 45.9 Å². The van der Waals surface area contributed by atoms with Crippen LogP contribution in [0, 0.1) is 0 Å². The number of nitrogens with zero attached hydrogens (tertiary/aromatic N) is 7. The number of hydrogen-bond donors (Lipinski definition) is 2. The van der Waals surface area contributed by atoms with Gasteiger partial charge in [0.05, 0.1) is 29.4 Å². The van der Waals surface area contributed by atoms with Crippen LogP contribution >= 0.6 is 11.6 Å². The van der Waals surface area contributed by atoms with E-state index >= 15 is 0 Å². The number of para-hydroxylation sites is 1. The molecule has 2 N–H and O–H groups in total.